The molecule has 0 aromatic carbocycles. The van der Waals surface area contributed by atoms with Gasteiger partial charge in [0.05, 0.1) is 0 Å². The quantitative estimate of drug-likeness (QED) is 0.806. The lowest BCUT2D eigenvalue weighted by molar-refractivity contribution is -0.144. The number of rotatable bonds is 4. The molecule has 1 aliphatic carbocycles. The van der Waals surface area contributed by atoms with Gasteiger partial charge in [-0.3, -0.25) is 4.90 Å². The molecule has 0 radical (unpaired) electrons. The monoisotopic (exact) mass is 283 g/mol. The Kier molecular flexibility index (Phi) is 4.22. The van der Waals surface area contributed by atoms with Crippen molar-refractivity contribution in [3.63, 3.8) is 0 Å². The summed E-state index contributed by atoms with van der Waals surface area (Å²) in [6, 6.07) is 0.237. The lowest BCUT2D eigenvalue weighted by Crippen LogP contribution is -2.60. The van der Waals surface area contributed by atoms with Gasteiger partial charge in [0, 0.05) is 32.2 Å². The first kappa shape index (κ1) is 15.1. The number of nitrogens with one attached hydrogen (secondary N) is 1. The summed E-state index contributed by atoms with van der Waals surface area (Å²) in [5.74, 6) is -0.866. The highest BCUT2D eigenvalue weighted by atomic mass is 16.4. The number of carbonyl (C=O) groups is 2. The van der Waals surface area contributed by atoms with E-state index in [1.54, 1.807) is 11.8 Å². The van der Waals surface area contributed by atoms with Gasteiger partial charge in [-0.05, 0) is 39.5 Å². The molecule has 1 heterocycles. The Morgan fingerprint density at radius 3 is 2.15 bits per heavy atom. The Balaban J connectivity index is 1.90. The molecule has 0 aromatic heterocycles. The van der Waals surface area contributed by atoms with Crippen LogP contribution < -0.4 is 5.32 Å². The molecule has 2 N–H and O–H groups in total. The second kappa shape index (κ2) is 5.60. The summed E-state index contributed by atoms with van der Waals surface area (Å²) in [6.07, 6.45) is 1.76. The Labute approximate surface area is 120 Å². The Morgan fingerprint density at radius 2 is 1.75 bits per heavy atom. The molecule has 6 heteroatoms. The zero-order chi connectivity index (χ0) is 14.9. The van der Waals surface area contributed by atoms with Gasteiger partial charge in [0.1, 0.15) is 5.54 Å². The number of amides is 2. The van der Waals surface area contributed by atoms with Crippen LogP contribution in [-0.2, 0) is 4.79 Å². The molecule has 2 aliphatic rings. The maximum Gasteiger partial charge on any atom is 0.329 e. The lowest BCUT2D eigenvalue weighted by Gasteiger charge is -2.38. The normalized spacial score (nSPS) is 23.5. The third kappa shape index (κ3) is 3.06. The topological polar surface area (TPSA) is 72.9 Å². The second-order valence-electron chi connectivity index (χ2n) is 6.33. The van der Waals surface area contributed by atoms with Crippen LogP contribution in [0.3, 0.4) is 0 Å². The molecular formula is C14H25N3O3. The van der Waals surface area contributed by atoms with Gasteiger partial charge in [0.2, 0.25) is 0 Å². The third-order valence-electron chi connectivity index (χ3n) is 4.54. The highest BCUT2D eigenvalue weighted by molar-refractivity contribution is 5.86. The molecule has 6 nitrogen and oxygen atoms in total. The number of piperazine rings is 1. The van der Waals surface area contributed by atoms with Gasteiger partial charge in [-0.25, -0.2) is 9.59 Å². The molecule has 2 amide bonds. The SMILES string of the molecule is CC(C)N1CCN(C(=O)NC(C)(C(=O)O)C2CC2)CC1. The zero-order valence-electron chi connectivity index (χ0n) is 12.6. The minimum atomic E-state index is -1.12. The Bertz CT molecular complexity index is 387. The number of carbonyl (C=O) groups excluding carboxylic acids is 1. The minimum absolute atomic E-state index is 0.0703. The molecular weight excluding hydrogens is 258 g/mol. The van der Waals surface area contributed by atoms with E-state index in [0.717, 1.165) is 25.9 Å². The van der Waals surface area contributed by atoms with Gasteiger partial charge >= 0.3 is 12.0 Å². The van der Waals surface area contributed by atoms with Crippen LogP contribution in [0.25, 0.3) is 0 Å². The number of aliphatic carboxylic acids is 1. The number of urea groups is 1. The lowest BCUT2D eigenvalue weighted by atomic mass is 9.96. The fraction of sp³-hybridized carbons (Fsp3) is 0.857. The van der Waals surface area contributed by atoms with Crippen LogP contribution in [0.2, 0.25) is 0 Å². The number of carboxylic acid groups (broad SMARTS) is 1. The van der Waals surface area contributed by atoms with E-state index in [9.17, 15) is 14.7 Å². The van der Waals surface area contributed by atoms with E-state index < -0.39 is 11.5 Å². The van der Waals surface area contributed by atoms with E-state index in [1.165, 1.54) is 0 Å². The van der Waals surface area contributed by atoms with E-state index in [1.807, 2.05) is 0 Å². The van der Waals surface area contributed by atoms with Crippen LogP contribution >= 0.6 is 0 Å². The van der Waals surface area contributed by atoms with E-state index >= 15 is 0 Å². The maximum absolute atomic E-state index is 12.3. The first-order chi connectivity index (χ1) is 9.34. The average Bonchev–Trinajstić information content (AvgIpc) is 3.23. The first-order valence-corrected chi connectivity index (χ1v) is 7.39. The fourth-order valence-corrected chi connectivity index (χ4v) is 2.73. The second-order valence-corrected chi connectivity index (χ2v) is 6.33. The van der Waals surface area contributed by atoms with Crippen LogP contribution in [0.4, 0.5) is 4.79 Å². The van der Waals surface area contributed by atoms with Crippen molar-refractivity contribution in [2.24, 2.45) is 5.92 Å². The van der Waals surface area contributed by atoms with Crippen LogP contribution in [0.5, 0.6) is 0 Å². The molecule has 1 atom stereocenters. The Hall–Kier alpha value is -1.30. The van der Waals surface area contributed by atoms with E-state index in [-0.39, 0.29) is 11.9 Å². The third-order valence-corrected chi connectivity index (χ3v) is 4.54. The predicted octanol–water partition coefficient (Wildman–Crippen LogP) is 0.975. The van der Waals surface area contributed by atoms with Crippen LogP contribution in [-0.4, -0.2) is 64.7 Å². The molecule has 2 rings (SSSR count). The van der Waals surface area contributed by atoms with Crippen molar-refractivity contribution >= 4 is 12.0 Å². The number of hydrogen-bond acceptors (Lipinski definition) is 3. The molecule has 2 fully saturated rings. The van der Waals surface area contributed by atoms with Gasteiger partial charge in [0.25, 0.3) is 0 Å². The fourth-order valence-electron chi connectivity index (χ4n) is 2.73. The summed E-state index contributed by atoms with van der Waals surface area (Å²) >= 11 is 0. The van der Waals surface area contributed by atoms with Crippen molar-refractivity contribution < 1.29 is 14.7 Å². The molecule has 1 aliphatic heterocycles. The molecule has 0 bridgehead atoms. The van der Waals surface area contributed by atoms with E-state index in [0.29, 0.717) is 19.1 Å². The van der Waals surface area contributed by atoms with Crippen molar-refractivity contribution in [3.8, 4) is 0 Å². The smallest absolute Gasteiger partial charge is 0.329 e. The minimum Gasteiger partial charge on any atom is -0.480 e. The molecule has 1 saturated carbocycles. The zero-order valence-corrected chi connectivity index (χ0v) is 12.6. The molecule has 114 valence electrons. The van der Waals surface area contributed by atoms with Crippen molar-refractivity contribution in [2.45, 2.75) is 45.2 Å². The predicted molar refractivity (Wildman–Crippen MR) is 75.6 cm³/mol. The Morgan fingerprint density at radius 1 is 1.20 bits per heavy atom. The number of carboxylic acids is 1. The van der Waals surface area contributed by atoms with E-state index in [4.69, 9.17) is 0 Å². The summed E-state index contributed by atoms with van der Waals surface area (Å²) < 4.78 is 0. The van der Waals surface area contributed by atoms with Gasteiger partial charge in [-0.1, -0.05) is 0 Å². The molecule has 20 heavy (non-hydrogen) atoms. The van der Waals surface area contributed by atoms with Gasteiger partial charge in [-0.2, -0.15) is 0 Å². The standard InChI is InChI=1S/C14H25N3O3/c1-10(2)16-6-8-17(9-7-16)13(20)15-14(3,12(18)19)11-4-5-11/h10-11H,4-9H2,1-3H3,(H,15,20)(H,18,19). The number of nitrogens with zero attached hydrogens (tertiary/aromatic N) is 2. The van der Waals surface area contributed by atoms with Crippen LogP contribution in [0.1, 0.15) is 33.6 Å². The van der Waals surface area contributed by atoms with Crippen LogP contribution in [0.15, 0.2) is 0 Å². The van der Waals surface area contributed by atoms with Gasteiger partial charge < -0.3 is 15.3 Å². The number of hydrogen-bond donors (Lipinski definition) is 2. The van der Waals surface area contributed by atoms with Crippen molar-refractivity contribution in [2.75, 3.05) is 26.2 Å². The molecule has 1 saturated heterocycles. The maximum atomic E-state index is 12.3. The summed E-state index contributed by atoms with van der Waals surface area (Å²) in [5, 5.41) is 12.1. The summed E-state index contributed by atoms with van der Waals surface area (Å²) in [6.45, 7) is 8.91. The largest absolute Gasteiger partial charge is 0.480 e. The molecule has 1 unspecified atom stereocenters. The summed E-state index contributed by atoms with van der Waals surface area (Å²) in [5.41, 5.74) is -1.12. The van der Waals surface area contributed by atoms with Crippen molar-refractivity contribution in [1.29, 1.82) is 0 Å². The van der Waals surface area contributed by atoms with Crippen molar-refractivity contribution in [3.05, 3.63) is 0 Å². The van der Waals surface area contributed by atoms with Gasteiger partial charge in [0.15, 0.2) is 0 Å². The highest BCUT2D eigenvalue weighted by Gasteiger charge is 2.49. The van der Waals surface area contributed by atoms with Crippen LogP contribution in [0, 0.1) is 5.92 Å². The molecule has 0 aromatic rings. The van der Waals surface area contributed by atoms with Gasteiger partial charge in [-0.15, -0.1) is 0 Å². The summed E-state index contributed by atoms with van der Waals surface area (Å²) in [4.78, 5) is 27.7. The molecule has 0 spiro atoms. The average molecular weight is 283 g/mol. The highest BCUT2D eigenvalue weighted by Crippen LogP contribution is 2.39. The van der Waals surface area contributed by atoms with Crippen molar-refractivity contribution in [1.82, 2.24) is 15.1 Å². The first-order valence-electron chi connectivity index (χ1n) is 7.39. The van der Waals surface area contributed by atoms with E-state index in [2.05, 4.69) is 24.1 Å². The summed E-state index contributed by atoms with van der Waals surface area (Å²) in [7, 11) is 0.